The van der Waals surface area contributed by atoms with Gasteiger partial charge < -0.3 is 21.1 Å². The van der Waals surface area contributed by atoms with Crippen molar-refractivity contribution in [2.75, 3.05) is 18.4 Å². The molecule has 1 unspecified atom stereocenters. The quantitative estimate of drug-likeness (QED) is 0.528. The van der Waals surface area contributed by atoms with E-state index in [0.29, 0.717) is 5.56 Å². The Morgan fingerprint density at radius 1 is 1.34 bits per heavy atom. The van der Waals surface area contributed by atoms with Gasteiger partial charge in [-0.3, -0.25) is 4.79 Å². The molecule has 29 heavy (non-hydrogen) atoms. The zero-order chi connectivity index (χ0) is 20.9. The number of aryl methyl sites for hydroxylation is 1. The van der Waals surface area contributed by atoms with E-state index in [1.807, 2.05) is 0 Å². The van der Waals surface area contributed by atoms with E-state index < -0.39 is 29.2 Å². The molecule has 3 aromatic rings. The lowest BCUT2D eigenvalue weighted by Gasteiger charge is -2.48. The molecule has 1 fully saturated rings. The molecule has 2 heterocycles. The van der Waals surface area contributed by atoms with Gasteiger partial charge in [0.25, 0.3) is 5.91 Å². The van der Waals surface area contributed by atoms with Crippen LogP contribution in [0.3, 0.4) is 0 Å². The highest BCUT2D eigenvalue weighted by atomic mass is 19.1. The number of nitrogens with one attached hydrogen (secondary N) is 2. The molecule has 0 saturated carbocycles. The van der Waals surface area contributed by atoms with Crippen molar-refractivity contribution < 1.29 is 18.7 Å². The largest absolute Gasteiger partial charge is 0.385 e. The van der Waals surface area contributed by atoms with E-state index in [4.69, 9.17) is 5.73 Å². The number of likely N-dealkylation sites (tertiary alicyclic amines) is 1. The smallest absolute Gasteiger partial charge is 0.256 e. The van der Waals surface area contributed by atoms with Crippen LogP contribution >= 0.6 is 0 Å². The lowest BCUT2D eigenvalue weighted by Crippen LogP contribution is -2.70. The van der Waals surface area contributed by atoms with Crippen LogP contribution in [-0.2, 0) is 0 Å². The van der Waals surface area contributed by atoms with Crippen molar-refractivity contribution in [1.29, 1.82) is 0 Å². The third-order valence-electron chi connectivity index (χ3n) is 5.23. The maximum atomic E-state index is 15.1. The van der Waals surface area contributed by atoms with E-state index in [0.717, 1.165) is 0 Å². The number of rotatable bonds is 4. The van der Waals surface area contributed by atoms with Gasteiger partial charge in [0.2, 0.25) is 0 Å². The first kappa shape index (κ1) is 19.2. The molecule has 0 radical (unpaired) electrons. The van der Waals surface area contributed by atoms with Crippen LogP contribution in [0.1, 0.15) is 22.8 Å². The second kappa shape index (κ2) is 6.75. The van der Waals surface area contributed by atoms with Gasteiger partial charge in [-0.15, -0.1) is 0 Å². The van der Waals surface area contributed by atoms with E-state index in [1.54, 1.807) is 19.9 Å². The number of hydrogen-bond donors (Lipinski definition) is 4. The Morgan fingerprint density at radius 3 is 2.72 bits per heavy atom. The lowest BCUT2D eigenvalue weighted by atomic mass is 9.87. The van der Waals surface area contributed by atoms with Gasteiger partial charge in [0.1, 0.15) is 16.9 Å². The molecule has 1 amide bonds. The molecule has 4 rings (SSSR count). The molecular formula is C19H20F2N6O2. The number of aromatic amines is 1. The Morgan fingerprint density at radius 2 is 2.07 bits per heavy atom. The van der Waals surface area contributed by atoms with Gasteiger partial charge in [0.15, 0.2) is 11.3 Å². The number of fused-ring (bicyclic) bond motifs is 1. The molecule has 0 bridgehead atoms. The van der Waals surface area contributed by atoms with Crippen molar-refractivity contribution in [2.24, 2.45) is 5.73 Å². The lowest BCUT2D eigenvalue weighted by molar-refractivity contribution is -0.0931. The fourth-order valence-electron chi connectivity index (χ4n) is 3.31. The van der Waals surface area contributed by atoms with Crippen LogP contribution in [0.25, 0.3) is 11.0 Å². The van der Waals surface area contributed by atoms with Crippen LogP contribution in [0.4, 0.5) is 20.2 Å². The summed E-state index contributed by atoms with van der Waals surface area (Å²) < 4.78 is 29.5. The fourth-order valence-corrected chi connectivity index (χ4v) is 3.31. The molecule has 10 heteroatoms. The third-order valence-corrected chi connectivity index (χ3v) is 5.23. The Bertz CT molecular complexity index is 1110. The van der Waals surface area contributed by atoms with Gasteiger partial charge in [0.05, 0.1) is 30.0 Å². The van der Waals surface area contributed by atoms with Crippen LogP contribution < -0.4 is 11.1 Å². The predicted octanol–water partition coefficient (Wildman–Crippen LogP) is 1.82. The normalized spacial score (nSPS) is 16.6. The van der Waals surface area contributed by atoms with Crippen molar-refractivity contribution in [3.63, 3.8) is 0 Å². The molecule has 1 aromatic heterocycles. The summed E-state index contributed by atoms with van der Waals surface area (Å²) in [5.74, 6) is -1.95. The highest BCUT2D eigenvalue weighted by Crippen LogP contribution is 2.34. The molecule has 1 aliphatic rings. The maximum Gasteiger partial charge on any atom is 0.256 e. The van der Waals surface area contributed by atoms with Crippen LogP contribution in [-0.4, -0.2) is 56.1 Å². The van der Waals surface area contributed by atoms with Crippen LogP contribution in [0.5, 0.6) is 0 Å². The van der Waals surface area contributed by atoms with E-state index >= 15 is 4.39 Å². The first-order valence-electron chi connectivity index (χ1n) is 9.03. The number of carbonyl (C=O) groups excluding carboxylic acids is 1. The number of nitrogens with zero attached hydrogens (tertiary/aromatic N) is 3. The van der Waals surface area contributed by atoms with Crippen LogP contribution in [0.2, 0.25) is 0 Å². The predicted molar refractivity (Wildman–Crippen MR) is 103 cm³/mol. The molecule has 8 nitrogen and oxygen atoms in total. The summed E-state index contributed by atoms with van der Waals surface area (Å²) in [5, 5.41) is 22.9. The van der Waals surface area contributed by atoms with Gasteiger partial charge in [-0.05, 0) is 37.6 Å². The average molecular weight is 402 g/mol. The van der Waals surface area contributed by atoms with Crippen LogP contribution in [0.15, 0.2) is 24.3 Å². The number of aliphatic hydroxyl groups is 1. The standard InChI is InChI=1S/C19H20F2N6O2/c1-9-3-4-13(12(20)5-9)23-16-11(6-14-17(15(16)21)25-26-24-14)18(28)27-7-19(29,8-27)10(2)22/h3-6,10,23,29H,7-8,22H2,1-2H3,(H,24,25,26). The molecule has 5 N–H and O–H groups in total. The maximum absolute atomic E-state index is 15.1. The zero-order valence-electron chi connectivity index (χ0n) is 15.8. The Hall–Kier alpha value is -3.11. The monoisotopic (exact) mass is 402 g/mol. The van der Waals surface area contributed by atoms with Crippen molar-refractivity contribution in [3.05, 3.63) is 47.0 Å². The third kappa shape index (κ3) is 3.19. The van der Waals surface area contributed by atoms with Crippen molar-refractivity contribution in [3.8, 4) is 0 Å². The number of halogens is 2. The summed E-state index contributed by atoms with van der Waals surface area (Å²) in [5.41, 5.74) is 5.10. The van der Waals surface area contributed by atoms with E-state index in [-0.39, 0.29) is 41.1 Å². The minimum absolute atomic E-state index is 0.0142. The van der Waals surface area contributed by atoms with Gasteiger partial charge >= 0.3 is 0 Å². The molecule has 1 atom stereocenters. The Balaban J connectivity index is 1.75. The molecule has 0 spiro atoms. The second-order valence-corrected chi connectivity index (χ2v) is 7.47. The molecule has 1 saturated heterocycles. The highest BCUT2D eigenvalue weighted by Gasteiger charge is 2.47. The fraction of sp³-hybridized carbons (Fsp3) is 0.316. The number of amides is 1. The molecule has 1 aliphatic heterocycles. The topological polar surface area (TPSA) is 120 Å². The molecule has 0 aliphatic carbocycles. The number of aromatic nitrogens is 3. The number of anilines is 2. The summed E-state index contributed by atoms with van der Waals surface area (Å²) in [6.07, 6.45) is 0. The summed E-state index contributed by atoms with van der Waals surface area (Å²) >= 11 is 0. The first-order chi connectivity index (χ1) is 13.7. The first-order valence-corrected chi connectivity index (χ1v) is 9.03. The SMILES string of the molecule is Cc1ccc(Nc2c(C(=O)N3CC(O)(C(C)N)C3)cc3n[nH]nc3c2F)c(F)c1. The number of β-amino-alcohol motifs (C(OH)–C–C–N with tert-alkyl or cyclic N) is 1. The van der Waals surface area contributed by atoms with Crippen LogP contribution in [0, 0.1) is 18.6 Å². The van der Waals surface area contributed by atoms with Gasteiger partial charge in [-0.1, -0.05) is 6.07 Å². The minimum Gasteiger partial charge on any atom is -0.385 e. The van der Waals surface area contributed by atoms with E-state index in [9.17, 15) is 14.3 Å². The average Bonchev–Trinajstić information content (AvgIpc) is 3.11. The van der Waals surface area contributed by atoms with E-state index in [1.165, 1.54) is 23.1 Å². The number of carbonyl (C=O) groups is 1. The summed E-state index contributed by atoms with van der Waals surface area (Å²) in [6.45, 7) is 3.41. The number of benzene rings is 2. The van der Waals surface area contributed by atoms with Gasteiger partial charge in [-0.25, -0.2) is 8.78 Å². The van der Waals surface area contributed by atoms with E-state index in [2.05, 4.69) is 20.7 Å². The van der Waals surface area contributed by atoms with Crippen molar-refractivity contribution >= 4 is 28.3 Å². The zero-order valence-corrected chi connectivity index (χ0v) is 15.8. The second-order valence-electron chi connectivity index (χ2n) is 7.47. The van der Waals surface area contributed by atoms with Crippen molar-refractivity contribution in [2.45, 2.75) is 25.5 Å². The highest BCUT2D eigenvalue weighted by molar-refractivity contribution is 6.04. The van der Waals surface area contributed by atoms with Gasteiger partial charge in [-0.2, -0.15) is 15.4 Å². The number of nitrogens with two attached hydrogens (primary N) is 1. The molecular weight excluding hydrogens is 382 g/mol. The minimum atomic E-state index is -1.19. The summed E-state index contributed by atoms with van der Waals surface area (Å²) in [6, 6.07) is 5.28. The Kier molecular flexibility index (Phi) is 4.47. The number of H-pyrrole nitrogens is 1. The molecule has 2 aromatic carbocycles. The molecule has 152 valence electrons. The van der Waals surface area contributed by atoms with Crippen molar-refractivity contribution in [1.82, 2.24) is 20.3 Å². The summed E-state index contributed by atoms with van der Waals surface area (Å²) in [4.78, 5) is 14.4. The van der Waals surface area contributed by atoms with Gasteiger partial charge in [0, 0.05) is 6.04 Å². The number of hydrogen-bond acceptors (Lipinski definition) is 6. The summed E-state index contributed by atoms with van der Waals surface area (Å²) in [7, 11) is 0. The Labute approximate surface area is 164 Å².